The molecule has 0 aliphatic carbocycles. The number of amides is 1. The van der Waals surface area contributed by atoms with Gasteiger partial charge in [0.15, 0.2) is 6.61 Å². The highest BCUT2D eigenvalue weighted by Gasteiger charge is 2.33. The average Bonchev–Trinajstić information content (AvgIpc) is 2.95. The summed E-state index contributed by atoms with van der Waals surface area (Å²) in [4.78, 5) is 16.7. The van der Waals surface area contributed by atoms with Crippen molar-refractivity contribution in [3.63, 3.8) is 0 Å². The molecule has 2 aromatic rings. The number of hydrogen-bond donors (Lipinski definition) is 1. The SMILES string of the molecule is [C-]#[N+]C(O)COc1ccc2nn(CC3CN(C(=O)OC(C)(C)C)C3)cc2c1. The fourth-order valence-corrected chi connectivity index (χ4v) is 2.87. The molecule has 3 rings (SSSR count). The molecular weight excluding hydrogens is 348 g/mol. The molecule has 1 aliphatic heterocycles. The van der Waals surface area contributed by atoms with Crippen molar-refractivity contribution < 1.29 is 19.4 Å². The first-order valence-corrected chi connectivity index (χ1v) is 8.86. The molecule has 1 amide bonds. The van der Waals surface area contributed by atoms with Gasteiger partial charge < -0.3 is 19.5 Å². The van der Waals surface area contributed by atoms with E-state index in [-0.39, 0.29) is 12.7 Å². The van der Waals surface area contributed by atoms with E-state index in [0.29, 0.717) is 24.8 Å². The number of aliphatic hydroxyl groups excluding tert-OH is 1. The quantitative estimate of drug-likeness (QED) is 0.816. The number of likely N-dealkylation sites (tertiary alicyclic amines) is 1. The summed E-state index contributed by atoms with van der Waals surface area (Å²) in [6.07, 6.45) is 0.506. The number of carbonyl (C=O) groups is 1. The van der Waals surface area contributed by atoms with E-state index in [2.05, 4.69) is 9.94 Å². The summed E-state index contributed by atoms with van der Waals surface area (Å²) in [5.74, 6) is 0.931. The summed E-state index contributed by atoms with van der Waals surface area (Å²) >= 11 is 0. The Morgan fingerprint density at radius 1 is 1.44 bits per heavy atom. The van der Waals surface area contributed by atoms with Gasteiger partial charge in [-0.15, -0.1) is 0 Å². The molecule has 1 aliphatic rings. The second-order valence-corrected chi connectivity index (χ2v) is 7.74. The van der Waals surface area contributed by atoms with Crippen LogP contribution in [0.5, 0.6) is 5.75 Å². The van der Waals surface area contributed by atoms with Crippen LogP contribution in [0, 0.1) is 12.5 Å². The molecule has 1 N–H and O–H groups in total. The van der Waals surface area contributed by atoms with E-state index in [1.807, 2.05) is 43.8 Å². The van der Waals surface area contributed by atoms with E-state index < -0.39 is 11.8 Å². The molecule has 0 bridgehead atoms. The van der Waals surface area contributed by atoms with Gasteiger partial charge >= 0.3 is 12.3 Å². The fourth-order valence-electron chi connectivity index (χ4n) is 2.87. The number of hydrogen-bond acceptors (Lipinski definition) is 5. The minimum atomic E-state index is -1.16. The van der Waals surface area contributed by atoms with Crippen LogP contribution in [-0.4, -0.2) is 57.4 Å². The molecule has 8 nitrogen and oxygen atoms in total. The maximum atomic E-state index is 12.0. The lowest BCUT2D eigenvalue weighted by molar-refractivity contribution is -0.00381. The van der Waals surface area contributed by atoms with Crippen molar-refractivity contribution in [3.8, 4) is 5.75 Å². The van der Waals surface area contributed by atoms with Crippen LogP contribution in [0.3, 0.4) is 0 Å². The van der Waals surface area contributed by atoms with Gasteiger partial charge in [-0.2, -0.15) is 5.10 Å². The predicted molar refractivity (Wildman–Crippen MR) is 99.1 cm³/mol. The van der Waals surface area contributed by atoms with Gasteiger partial charge in [0.25, 0.3) is 0 Å². The average molecular weight is 372 g/mol. The van der Waals surface area contributed by atoms with Crippen molar-refractivity contribution in [2.45, 2.75) is 39.1 Å². The van der Waals surface area contributed by atoms with Crippen LogP contribution < -0.4 is 4.74 Å². The molecular formula is C19H24N4O4. The Labute approximate surface area is 158 Å². The predicted octanol–water partition coefficient (Wildman–Crippen LogP) is 2.52. The molecule has 0 saturated carbocycles. The zero-order chi connectivity index (χ0) is 19.6. The highest BCUT2D eigenvalue weighted by atomic mass is 16.6. The zero-order valence-electron chi connectivity index (χ0n) is 15.8. The number of ether oxygens (including phenoxy) is 2. The third-order valence-electron chi connectivity index (χ3n) is 4.13. The Kier molecular flexibility index (Phi) is 5.24. The van der Waals surface area contributed by atoms with Gasteiger partial charge in [-0.1, -0.05) is 0 Å². The van der Waals surface area contributed by atoms with Crippen molar-refractivity contribution in [1.29, 1.82) is 0 Å². The maximum absolute atomic E-state index is 12.0. The van der Waals surface area contributed by atoms with E-state index in [9.17, 15) is 9.90 Å². The van der Waals surface area contributed by atoms with Crippen molar-refractivity contribution in [2.24, 2.45) is 5.92 Å². The molecule has 144 valence electrons. The Hall–Kier alpha value is -2.79. The summed E-state index contributed by atoms with van der Waals surface area (Å²) < 4.78 is 12.6. The van der Waals surface area contributed by atoms with Gasteiger partial charge in [-0.3, -0.25) is 9.53 Å². The number of fused-ring (bicyclic) bond motifs is 1. The number of aliphatic hydroxyl groups is 1. The number of carbonyl (C=O) groups excluding carboxylic acids is 1. The molecule has 2 heterocycles. The van der Waals surface area contributed by atoms with E-state index in [1.54, 1.807) is 11.0 Å². The lowest BCUT2D eigenvalue weighted by Gasteiger charge is -2.39. The van der Waals surface area contributed by atoms with Crippen LogP contribution in [0.2, 0.25) is 0 Å². The molecule has 0 radical (unpaired) electrons. The van der Waals surface area contributed by atoms with Crippen molar-refractivity contribution >= 4 is 17.0 Å². The largest absolute Gasteiger partial charge is 0.482 e. The summed E-state index contributed by atoms with van der Waals surface area (Å²) in [6, 6.07) is 5.45. The molecule has 1 aromatic carbocycles. The highest BCUT2D eigenvalue weighted by molar-refractivity contribution is 5.79. The Balaban J connectivity index is 1.54. The van der Waals surface area contributed by atoms with E-state index >= 15 is 0 Å². The number of benzene rings is 1. The second kappa shape index (κ2) is 7.45. The van der Waals surface area contributed by atoms with Crippen molar-refractivity contribution in [3.05, 3.63) is 35.8 Å². The monoisotopic (exact) mass is 372 g/mol. The van der Waals surface area contributed by atoms with Gasteiger partial charge in [0.05, 0.1) is 5.52 Å². The van der Waals surface area contributed by atoms with Crippen LogP contribution in [0.1, 0.15) is 20.8 Å². The van der Waals surface area contributed by atoms with Crippen LogP contribution >= 0.6 is 0 Å². The summed E-state index contributed by atoms with van der Waals surface area (Å²) in [6.45, 7) is 14.3. The molecule has 1 atom stereocenters. The molecule has 1 saturated heterocycles. The first-order valence-electron chi connectivity index (χ1n) is 8.86. The number of rotatable bonds is 5. The normalized spacial score (nSPS) is 15.9. The fraction of sp³-hybridized carbons (Fsp3) is 0.526. The standard InChI is InChI=1S/C19H24N4O4/c1-19(2,3)27-18(25)22-8-13(9-22)10-23-11-14-7-15(5-6-16(14)21-23)26-12-17(24)20-4/h5-7,11,13,17,24H,8-10,12H2,1-3H3. The van der Waals surface area contributed by atoms with E-state index in [4.69, 9.17) is 16.0 Å². The number of nitrogens with zero attached hydrogens (tertiary/aromatic N) is 4. The van der Waals surface area contributed by atoms with Crippen LogP contribution in [-0.2, 0) is 11.3 Å². The van der Waals surface area contributed by atoms with Gasteiger partial charge in [0.1, 0.15) is 11.4 Å². The van der Waals surface area contributed by atoms with Crippen LogP contribution in [0.25, 0.3) is 15.7 Å². The van der Waals surface area contributed by atoms with Crippen molar-refractivity contribution in [2.75, 3.05) is 19.7 Å². The van der Waals surface area contributed by atoms with E-state index in [1.165, 1.54) is 0 Å². The molecule has 0 spiro atoms. The topological polar surface area (TPSA) is 81.2 Å². The third-order valence-corrected chi connectivity index (χ3v) is 4.13. The second-order valence-electron chi connectivity index (χ2n) is 7.74. The van der Waals surface area contributed by atoms with Crippen LogP contribution in [0.4, 0.5) is 4.79 Å². The third kappa shape index (κ3) is 4.89. The summed E-state index contributed by atoms with van der Waals surface area (Å²) in [5.41, 5.74) is 0.364. The Morgan fingerprint density at radius 2 is 2.19 bits per heavy atom. The minimum absolute atomic E-state index is 0.0638. The lowest BCUT2D eigenvalue weighted by Crippen LogP contribution is -2.52. The smallest absolute Gasteiger partial charge is 0.410 e. The molecule has 1 aromatic heterocycles. The molecule has 27 heavy (non-hydrogen) atoms. The van der Waals surface area contributed by atoms with Gasteiger partial charge in [-0.05, 0) is 39.0 Å². The zero-order valence-corrected chi connectivity index (χ0v) is 15.8. The van der Waals surface area contributed by atoms with Crippen molar-refractivity contribution in [1.82, 2.24) is 14.7 Å². The van der Waals surface area contributed by atoms with Gasteiger partial charge in [-0.25, -0.2) is 11.4 Å². The first kappa shape index (κ1) is 19.0. The van der Waals surface area contributed by atoms with Crippen LogP contribution in [0.15, 0.2) is 24.4 Å². The number of aromatic nitrogens is 2. The minimum Gasteiger partial charge on any atom is -0.482 e. The lowest BCUT2D eigenvalue weighted by atomic mass is 10.0. The van der Waals surface area contributed by atoms with Gasteiger partial charge in [0, 0.05) is 37.1 Å². The summed E-state index contributed by atoms with van der Waals surface area (Å²) in [7, 11) is 0. The maximum Gasteiger partial charge on any atom is 0.410 e. The molecule has 1 unspecified atom stereocenters. The molecule has 8 heteroatoms. The first-order chi connectivity index (χ1) is 12.7. The highest BCUT2D eigenvalue weighted by Crippen LogP contribution is 2.23. The van der Waals surface area contributed by atoms with E-state index in [0.717, 1.165) is 17.4 Å². The molecule has 1 fully saturated rings. The Morgan fingerprint density at radius 3 is 2.85 bits per heavy atom. The van der Waals surface area contributed by atoms with Gasteiger partial charge in [0.2, 0.25) is 0 Å². The Bertz CT molecular complexity index is 859. The summed E-state index contributed by atoms with van der Waals surface area (Å²) in [5, 5.41) is 14.7.